The summed E-state index contributed by atoms with van der Waals surface area (Å²) in [6.07, 6.45) is 20.4. The van der Waals surface area contributed by atoms with Crippen molar-refractivity contribution >= 4 is 35.1 Å². The van der Waals surface area contributed by atoms with Crippen molar-refractivity contribution in [2.75, 3.05) is 32.7 Å². The maximum Gasteiger partial charge on any atom is 0.251 e. The Hall–Kier alpha value is -8.95. The fraction of sp³-hybridized carbons (Fsp3) is 0.125. The van der Waals surface area contributed by atoms with Crippen LogP contribution in [0.2, 0.25) is 0 Å². The quantitative estimate of drug-likeness (QED) is 0.0234. The van der Waals surface area contributed by atoms with Crippen LogP contribution in [0.1, 0.15) is 70.2 Å². The Morgan fingerprint density at radius 1 is 0.370 bits per heavy atom. The van der Waals surface area contributed by atoms with E-state index in [4.69, 9.17) is 0 Å². The monoisotopic (exact) mass is 1070 g/mol. The number of hydrogen-bond donors (Lipinski definition) is 5. The second-order valence-corrected chi connectivity index (χ2v) is 15.0. The van der Waals surface area contributed by atoms with Crippen molar-refractivity contribution in [3.8, 4) is 34.2 Å². The van der Waals surface area contributed by atoms with Gasteiger partial charge in [-0.2, -0.15) is 0 Å². The van der Waals surface area contributed by atoms with E-state index in [1.165, 1.54) is 12.4 Å². The topological polar surface area (TPSA) is 223 Å². The van der Waals surface area contributed by atoms with Gasteiger partial charge in [0.05, 0.1) is 34.2 Å². The molecule has 6 aromatic heterocycles. The van der Waals surface area contributed by atoms with Gasteiger partial charge in [-0.25, -0.2) is 0 Å². The minimum atomic E-state index is -0.224. The van der Waals surface area contributed by atoms with Crippen molar-refractivity contribution in [3.63, 3.8) is 0 Å². The smallest absolute Gasteiger partial charge is 0.251 e. The van der Waals surface area contributed by atoms with E-state index in [9.17, 15) is 24.0 Å². The molecule has 0 spiro atoms. The Morgan fingerprint density at radius 3 is 0.904 bits per heavy atom. The molecule has 0 saturated heterocycles. The molecule has 0 aliphatic heterocycles. The molecule has 5 N–H and O–H groups in total. The van der Waals surface area contributed by atoms with Gasteiger partial charge in [-0.1, -0.05) is 43.0 Å². The maximum absolute atomic E-state index is 12.1. The molecule has 6 heterocycles. The van der Waals surface area contributed by atoms with Crippen LogP contribution in [0.25, 0.3) is 39.9 Å². The molecule has 0 unspecified atom stereocenters. The third-order valence-electron chi connectivity index (χ3n) is 9.73. The summed E-state index contributed by atoms with van der Waals surface area (Å²) in [5, 5.41) is 14.0. The molecule has 73 heavy (non-hydrogen) atoms. The fourth-order valence-corrected chi connectivity index (χ4v) is 6.09. The molecule has 4 amide bonds. The molecule has 374 valence electrons. The van der Waals surface area contributed by atoms with E-state index in [1.54, 1.807) is 122 Å². The number of pyridine rings is 6. The number of aromatic nitrogens is 6. The summed E-state index contributed by atoms with van der Waals surface area (Å²) in [5.41, 5.74) is 7.61. The Kier molecular flexibility index (Phi) is 25.6. The fourth-order valence-electron chi connectivity index (χ4n) is 6.09. The average molecular weight is 1070 g/mol. The molecule has 0 aliphatic carbocycles. The molecular weight excluding hydrogens is 1010 g/mol. The number of Topliss-reactive ketones (excluding diaryl/α,β-unsaturated/α-hetero) is 1. The SMILES string of the molecule is C=CCCC(=O)c1ccnc(-c2cc(C(=O)NCC=C)ccn2)c1.C=CCNC(=C)c1ccnc(-c2cc(C(=O)NCC=C)ccn2)c1.C=CCNC(=O)c1ccnc(-c2cc(C(=O)NCC=C)ccn2)c1.[Ru]. The molecule has 6 aromatic rings. The largest absolute Gasteiger partial charge is 0.382 e. The van der Waals surface area contributed by atoms with Crippen LogP contribution in [0.5, 0.6) is 0 Å². The molecule has 0 fully saturated rings. The average Bonchev–Trinajstić information content (AvgIpc) is 3.43. The first-order valence-electron chi connectivity index (χ1n) is 22.5. The van der Waals surface area contributed by atoms with Gasteiger partial charge in [0.2, 0.25) is 0 Å². The maximum atomic E-state index is 12.1. The molecule has 6 rings (SSSR count). The number of nitrogens with zero attached hydrogens (tertiary/aromatic N) is 6. The van der Waals surface area contributed by atoms with Crippen molar-refractivity contribution in [2.24, 2.45) is 0 Å². The van der Waals surface area contributed by atoms with E-state index in [1.807, 2.05) is 12.1 Å². The van der Waals surface area contributed by atoms with Crippen LogP contribution in [0.3, 0.4) is 0 Å². The van der Waals surface area contributed by atoms with E-state index in [-0.39, 0.29) is 48.9 Å². The zero-order chi connectivity index (χ0) is 52.1. The Balaban J connectivity index is 0.000000287. The van der Waals surface area contributed by atoms with Crippen LogP contribution in [0, 0.1) is 0 Å². The van der Waals surface area contributed by atoms with Crippen molar-refractivity contribution < 1.29 is 43.5 Å². The summed E-state index contributed by atoms with van der Waals surface area (Å²) in [4.78, 5) is 85.7. The van der Waals surface area contributed by atoms with E-state index in [0.29, 0.717) is 108 Å². The molecule has 0 aromatic carbocycles. The molecule has 16 nitrogen and oxygen atoms in total. The summed E-state index contributed by atoms with van der Waals surface area (Å²) in [5.74, 6) is -0.807. The number of nitrogens with one attached hydrogen (secondary N) is 5. The molecule has 0 saturated carbocycles. The van der Waals surface area contributed by atoms with Crippen molar-refractivity contribution in [1.29, 1.82) is 0 Å². The Morgan fingerprint density at radius 2 is 0.616 bits per heavy atom. The van der Waals surface area contributed by atoms with Gasteiger partial charge in [0, 0.05) is 135 Å². The second-order valence-electron chi connectivity index (χ2n) is 15.0. The van der Waals surface area contributed by atoms with Crippen LogP contribution in [0.4, 0.5) is 0 Å². The Bertz CT molecular complexity index is 2430. The zero-order valence-electron chi connectivity index (χ0n) is 40.3. The van der Waals surface area contributed by atoms with Crippen LogP contribution >= 0.6 is 0 Å². The third kappa shape index (κ3) is 19.1. The van der Waals surface area contributed by atoms with Gasteiger partial charge in [-0.05, 0) is 79.2 Å². The first-order valence-corrected chi connectivity index (χ1v) is 22.5. The number of carbonyl (C=O) groups is 5. The minimum absolute atomic E-state index is 0. The van der Waals surface area contributed by atoms with E-state index < -0.39 is 0 Å². The van der Waals surface area contributed by atoms with Crippen molar-refractivity contribution in [3.05, 3.63) is 226 Å². The predicted molar refractivity (Wildman–Crippen MR) is 284 cm³/mol. The van der Waals surface area contributed by atoms with E-state index in [0.717, 1.165) is 11.3 Å². The third-order valence-corrected chi connectivity index (χ3v) is 9.73. The van der Waals surface area contributed by atoms with Gasteiger partial charge in [-0.15, -0.1) is 39.5 Å². The number of rotatable bonds is 23. The number of amides is 4. The first-order chi connectivity index (χ1) is 35.0. The van der Waals surface area contributed by atoms with Crippen LogP contribution in [-0.4, -0.2) is 92.0 Å². The van der Waals surface area contributed by atoms with Crippen LogP contribution in [0.15, 0.2) is 192 Å². The van der Waals surface area contributed by atoms with Gasteiger partial charge in [0.1, 0.15) is 0 Å². The number of hydrogen-bond acceptors (Lipinski definition) is 12. The van der Waals surface area contributed by atoms with Crippen molar-refractivity contribution in [1.82, 2.24) is 56.5 Å². The summed E-state index contributed by atoms with van der Waals surface area (Å²) in [7, 11) is 0. The van der Waals surface area contributed by atoms with Gasteiger partial charge >= 0.3 is 0 Å². The van der Waals surface area contributed by atoms with Crippen LogP contribution in [-0.2, 0) is 19.5 Å². The minimum Gasteiger partial charge on any atom is -0.382 e. The summed E-state index contributed by atoms with van der Waals surface area (Å²) >= 11 is 0. The van der Waals surface area contributed by atoms with E-state index in [2.05, 4.69) is 103 Å². The predicted octanol–water partition coefficient (Wildman–Crippen LogP) is 7.99. The molecular formula is C56H57N11O5Ru. The van der Waals surface area contributed by atoms with Gasteiger partial charge in [-0.3, -0.25) is 53.9 Å². The number of allylic oxidation sites excluding steroid dienone is 1. The normalized spacial score (nSPS) is 9.75. The van der Waals surface area contributed by atoms with E-state index >= 15 is 0 Å². The molecule has 0 atom stereocenters. The second kappa shape index (κ2) is 32.0. The molecule has 0 bridgehead atoms. The van der Waals surface area contributed by atoms with Gasteiger partial charge in [0.15, 0.2) is 5.78 Å². The Labute approximate surface area is 438 Å². The van der Waals surface area contributed by atoms with Gasteiger partial charge < -0.3 is 26.6 Å². The summed E-state index contributed by atoms with van der Waals surface area (Å²) < 4.78 is 0. The molecule has 0 radical (unpaired) electrons. The molecule has 0 aliphatic rings. The summed E-state index contributed by atoms with van der Waals surface area (Å²) in [6.45, 7) is 27.8. The summed E-state index contributed by atoms with van der Waals surface area (Å²) in [6, 6.07) is 20.3. The zero-order valence-corrected chi connectivity index (χ0v) is 42.1. The number of carbonyl (C=O) groups excluding carboxylic acids is 5. The van der Waals surface area contributed by atoms with Crippen molar-refractivity contribution in [2.45, 2.75) is 12.8 Å². The number of ketones is 1. The van der Waals surface area contributed by atoms with Gasteiger partial charge in [0.25, 0.3) is 23.6 Å². The first kappa shape index (κ1) is 58.4. The molecule has 17 heteroatoms. The standard InChI is InChI=1S/C19H20N4O.C19H19N3O2.C18H18N4O2.Ru/c1-4-8-20-14(3)15-6-10-21-17(12-15)18-13-16(7-11-22-18)19(24)23-9-5-2;1-3-5-6-18(23)14-7-10-20-16(12-14)17-13-15(8-11-21-17)19(24)22-9-4-2;1-3-7-21-17(23)13-5-9-19-15(11-13)16-12-14(6-10-20-16)18(24)22-8-4-2;/h4-7,10-13,20H,1-3,8-9H2,(H,23,24);3-4,7-8,10-13H,1-2,5-6,9H2,(H,22,24);3-6,9-12H,1-2,7-8H2,(H,21,23)(H,22,24);. The van der Waals surface area contributed by atoms with Crippen LogP contribution < -0.4 is 26.6 Å².